The van der Waals surface area contributed by atoms with E-state index in [4.69, 9.17) is 16.6 Å². The summed E-state index contributed by atoms with van der Waals surface area (Å²) in [6.45, 7) is 4.20. The van der Waals surface area contributed by atoms with E-state index in [9.17, 15) is 0 Å². The van der Waals surface area contributed by atoms with E-state index < -0.39 is 0 Å². The van der Waals surface area contributed by atoms with Crippen molar-refractivity contribution in [2.75, 3.05) is 0 Å². The number of hydrogen-bond acceptors (Lipinski definition) is 1. The minimum absolute atomic E-state index is 0.655. The number of nitrogens with zero attached hydrogens (tertiary/aromatic N) is 1. The summed E-state index contributed by atoms with van der Waals surface area (Å²) in [5.41, 5.74) is 4.71. The Morgan fingerprint density at radius 3 is 2.62 bits per heavy atom. The number of halogens is 1. The third kappa shape index (κ3) is 1.60. The van der Waals surface area contributed by atoms with E-state index >= 15 is 0 Å². The van der Waals surface area contributed by atoms with Gasteiger partial charge in [0.2, 0.25) is 0 Å². The standard InChI is InChI=1S/C14H14ClN/c1-8-5-9(2)14-11(6-8)12(15)7-13(16-14)10-3-4-10/h5-7,10H,3-4H2,1-2H3. The van der Waals surface area contributed by atoms with Crippen LogP contribution in [0.5, 0.6) is 0 Å². The predicted octanol–water partition coefficient (Wildman–Crippen LogP) is 4.38. The largest absolute Gasteiger partial charge is 0.252 e. The molecule has 2 aromatic rings. The van der Waals surface area contributed by atoms with Gasteiger partial charge in [0.1, 0.15) is 0 Å². The Bertz CT molecular complexity index is 570. The lowest BCUT2D eigenvalue weighted by atomic mass is 10.1. The predicted molar refractivity (Wildman–Crippen MR) is 68.2 cm³/mol. The average molecular weight is 232 g/mol. The Morgan fingerprint density at radius 2 is 1.94 bits per heavy atom. The molecule has 0 saturated heterocycles. The van der Waals surface area contributed by atoms with Crippen molar-refractivity contribution in [3.05, 3.63) is 40.0 Å². The summed E-state index contributed by atoms with van der Waals surface area (Å²) in [7, 11) is 0. The molecule has 1 fully saturated rings. The molecule has 0 aliphatic heterocycles. The second kappa shape index (κ2) is 3.46. The molecular formula is C14H14ClN. The summed E-state index contributed by atoms with van der Waals surface area (Å²) in [5.74, 6) is 0.655. The first kappa shape index (κ1) is 10.1. The van der Waals surface area contributed by atoms with Crippen LogP contribution in [0.15, 0.2) is 18.2 Å². The van der Waals surface area contributed by atoms with Crippen molar-refractivity contribution in [2.45, 2.75) is 32.6 Å². The SMILES string of the molecule is Cc1cc(C)c2nc(C3CC3)cc(Cl)c2c1. The molecule has 1 aliphatic carbocycles. The van der Waals surface area contributed by atoms with Gasteiger partial charge in [0, 0.05) is 17.0 Å². The molecule has 0 bridgehead atoms. The minimum Gasteiger partial charge on any atom is -0.252 e. The molecule has 1 aromatic heterocycles. The van der Waals surface area contributed by atoms with E-state index in [1.165, 1.54) is 29.7 Å². The van der Waals surface area contributed by atoms with Gasteiger partial charge in [0.05, 0.1) is 10.5 Å². The van der Waals surface area contributed by atoms with Crippen molar-refractivity contribution >= 4 is 22.5 Å². The van der Waals surface area contributed by atoms with Crippen molar-refractivity contribution < 1.29 is 0 Å². The van der Waals surface area contributed by atoms with Crippen LogP contribution >= 0.6 is 11.6 Å². The van der Waals surface area contributed by atoms with E-state index in [1.54, 1.807) is 0 Å². The lowest BCUT2D eigenvalue weighted by Crippen LogP contribution is -1.92. The van der Waals surface area contributed by atoms with Crippen LogP contribution in [0, 0.1) is 13.8 Å². The van der Waals surface area contributed by atoms with Gasteiger partial charge < -0.3 is 0 Å². The fourth-order valence-electron chi connectivity index (χ4n) is 2.25. The number of hydrogen-bond donors (Lipinski definition) is 0. The van der Waals surface area contributed by atoms with E-state index in [2.05, 4.69) is 26.0 Å². The highest BCUT2D eigenvalue weighted by atomic mass is 35.5. The van der Waals surface area contributed by atoms with Gasteiger partial charge in [0.15, 0.2) is 0 Å². The van der Waals surface area contributed by atoms with E-state index in [0.29, 0.717) is 5.92 Å². The van der Waals surface area contributed by atoms with Crippen molar-refractivity contribution in [1.29, 1.82) is 0 Å². The van der Waals surface area contributed by atoms with Gasteiger partial charge in [-0.05, 0) is 44.4 Å². The van der Waals surface area contributed by atoms with Crippen LogP contribution in [0.4, 0.5) is 0 Å². The molecular weight excluding hydrogens is 218 g/mol. The fourth-order valence-corrected chi connectivity index (χ4v) is 2.50. The summed E-state index contributed by atoms with van der Waals surface area (Å²) >= 11 is 6.34. The molecule has 1 heterocycles. The van der Waals surface area contributed by atoms with Gasteiger partial charge in [-0.3, -0.25) is 4.98 Å². The first-order chi connectivity index (χ1) is 7.65. The zero-order valence-electron chi connectivity index (χ0n) is 9.55. The molecule has 0 atom stereocenters. The number of aromatic nitrogens is 1. The third-order valence-corrected chi connectivity index (χ3v) is 3.53. The summed E-state index contributed by atoms with van der Waals surface area (Å²) in [6.07, 6.45) is 2.53. The van der Waals surface area contributed by atoms with Gasteiger partial charge in [-0.25, -0.2) is 0 Å². The molecule has 0 radical (unpaired) electrons. The molecule has 0 amide bonds. The first-order valence-corrected chi connectivity index (χ1v) is 6.10. The second-order valence-electron chi connectivity index (χ2n) is 4.78. The Morgan fingerprint density at radius 1 is 1.19 bits per heavy atom. The maximum absolute atomic E-state index is 6.34. The number of pyridine rings is 1. The van der Waals surface area contributed by atoms with Crippen LogP contribution in [0.2, 0.25) is 5.02 Å². The second-order valence-corrected chi connectivity index (χ2v) is 5.19. The highest BCUT2D eigenvalue weighted by molar-refractivity contribution is 6.35. The van der Waals surface area contributed by atoms with Crippen LogP contribution in [-0.2, 0) is 0 Å². The Hall–Kier alpha value is -1.08. The monoisotopic (exact) mass is 231 g/mol. The summed E-state index contributed by atoms with van der Waals surface area (Å²) in [6, 6.07) is 6.33. The fraction of sp³-hybridized carbons (Fsp3) is 0.357. The molecule has 0 spiro atoms. The molecule has 0 unspecified atom stereocenters. The lowest BCUT2D eigenvalue weighted by Gasteiger charge is -2.08. The number of benzene rings is 1. The van der Waals surface area contributed by atoms with E-state index in [1.807, 2.05) is 6.07 Å². The zero-order chi connectivity index (χ0) is 11.3. The summed E-state index contributed by atoms with van der Waals surface area (Å²) in [5, 5.41) is 1.93. The van der Waals surface area contributed by atoms with Crippen molar-refractivity contribution in [2.24, 2.45) is 0 Å². The van der Waals surface area contributed by atoms with Crippen LogP contribution in [-0.4, -0.2) is 4.98 Å². The Labute approximate surface area is 100 Å². The Kier molecular flexibility index (Phi) is 2.18. The molecule has 1 saturated carbocycles. The first-order valence-electron chi connectivity index (χ1n) is 5.72. The van der Waals surface area contributed by atoms with Crippen molar-refractivity contribution in [1.82, 2.24) is 4.98 Å². The average Bonchev–Trinajstić information content (AvgIpc) is 3.02. The molecule has 2 heteroatoms. The van der Waals surface area contributed by atoms with Crippen molar-refractivity contribution in [3.63, 3.8) is 0 Å². The zero-order valence-corrected chi connectivity index (χ0v) is 10.3. The maximum atomic E-state index is 6.34. The van der Waals surface area contributed by atoms with Gasteiger partial charge >= 0.3 is 0 Å². The highest BCUT2D eigenvalue weighted by Gasteiger charge is 2.26. The smallest absolute Gasteiger partial charge is 0.0749 e. The lowest BCUT2D eigenvalue weighted by molar-refractivity contribution is 1.04. The molecule has 1 nitrogen and oxygen atoms in total. The van der Waals surface area contributed by atoms with Gasteiger partial charge in [0.25, 0.3) is 0 Å². The normalized spacial score (nSPS) is 15.7. The molecule has 1 aromatic carbocycles. The number of aryl methyl sites for hydroxylation is 2. The van der Waals surface area contributed by atoms with Crippen LogP contribution in [0.1, 0.15) is 35.6 Å². The van der Waals surface area contributed by atoms with Crippen LogP contribution < -0.4 is 0 Å². The quantitative estimate of drug-likeness (QED) is 0.710. The maximum Gasteiger partial charge on any atom is 0.0749 e. The summed E-state index contributed by atoms with van der Waals surface area (Å²) < 4.78 is 0. The van der Waals surface area contributed by atoms with Gasteiger partial charge in [-0.15, -0.1) is 0 Å². The topological polar surface area (TPSA) is 12.9 Å². The molecule has 1 aliphatic rings. The number of rotatable bonds is 1. The van der Waals surface area contributed by atoms with Crippen molar-refractivity contribution in [3.8, 4) is 0 Å². The van der Waals surface area contributed by atoms with Crippen LogP contribution in [0.3, 0.4) is 0 Å². The molecule has 16 heavy (non-hydrogen) atoms. The molecule has 3 rings (SSSR count). The molecule has 0 N–H and O–H groups in total. The van der Waals surface area contributed by atoms with Crippen LogP contribution in [0.25, 0.3) is 10.9 Å². The molecule has 82 valence electrons. The van der Waals surface area contributed by atoms with E-state index in [0.717, 1.165) is 15.9 Å². The summed E-state index contributed by atoms with van der Waals surface area (Å²) in [4.78, 5) is 4.75. The van der Waals surface area contributed by atoms with E-state index in [-0.39, 0.29) is 0 Å². The third-order valence-electron chi connectivity index (χ3n) is 3.21. The van der Waals surface area contributed by atoms with Gasteiger partial charge in [-0.2, -0.15) is 0 Å². The highest BCUT2D eigenvalue weighted by Crippen LogP contribution is 2.41. The minimum atomic E-state index is 0.655. The number of fused-ring (bicyclic) bond motifs is 1. The van der Waals surface area contributed by atoms with Gasteiger partial charge in [-0.1, -0.05) is 23.2 Å². The Balaban J connectivity index is 2.32.